The third kappa shape index (κ3) is 10.2. The maximum absolute atomic E-state index is 13.2. The molecule has 2 saturated heterocycles. The third-order valence-corrected chi connectivity index (χ3v) is 9.73. The lowest BCUT2D eigenvalue weighted by atomic mass is 9.95. The molecule has 3 aliphatic rings. The lowest BCUT2D eigenvalue weighted by Gasteiger charge is -2.28. The minimum absolute atomic E-state index is 0.00884. The highest BCUT2D eigenvalue weighted by atomic mass is 16.6. The van der Waals surface area contributed by atoms with Crippen LogP contribution in [0.4, 0.5) is 0 Å². The molecule has 1 saturated carbocycles. The maximum atomic E-state index is 13.2. The fourth-order valence-corrected chi connectivity index (χ4v) is 7.02. The number of pyridine rings is 2. The summed E-state index contributed by atoms with van der Waals surface area (Å²) in [4.78, 5) is 73.0. The Morgan fingerprint density at radius 1 is 0.593 bits per heavy atom. The van der Waals surface area contributed by atoms with E-state index in [0.29, 0.717) is 31.2 Å². The lowest BCUT2D eigenvalue weighted by molar-refractivity contribution is -0.765. The largest absolute Gasteiger partial charge is 0.463 e. The highest BCUT2D eigenvalue weighted by Gasteiger charge is 2.51. The number of hydrogen-bond donors (Lipinski definition) is 0. The fourth-order valence-electron chi connectivity index (χ4n) is 7.02. The van der Waals surface area contributed by atoms with Gasteiger partial charge >= 0.3 is 42.0 Å². The summed E-state index contributed by atoms with van der Waals surface area (Å²) in [6.07, 6.45) is 3.79. The Kier molecular flexibility index (Phi) is 13.3. The number of esters is 6. The molecule has 0 spiro atoms. The molecule has 0 unspecified atom stereocenters. The van der Waals surface area contributed by atoms with Crippen LogP contribution in [0.5, 0.6) is 0 Å². The van der Waals surface area contributed by atoms with E-state index in [0.717, 1.165) is 0 Å². The summed E-state index contributed by atoms with van der Waals surface area (Å²) in [5.41, 5.74) is 0.558. The molecule has 2 aliphatic heterocycles. The van der Waals surface area contributed by atoms with Gasteiger partial charge in [0.15, 0.2) is 30.9 Å². The summed E-state index contributed by atoms with van der Waals surface area (Å²) >= 11 is 0. The highest BCUT2D eigenvalue weighted by molar-refractivity contribution is 5.89. The molecule has 16 nitrogen and oxygen atoms in total. The summed E-state index contributed by atoms with van der Waals surface area (Å²) < 4.78 is 48.6. The predicted molar refractivity (Wildman–Crippen MR) is 181 cm³/mol. The standard InChI is InChI=1S/C38H48N2O14/c1-21-31(19-47-23(3)41)53-36(34(21)50-26(6)44)40-16-8-10-28(18-40)38(46)52-30-13-11-29(12-14-30)51-37(45)27-9-7-15-39(17-27)35-22(2)33(49-25(5)43)32(54-35)20-48-24(4)42/h7-10,15-18,21-22,29-36H,11-14,19-20H2,1-6H3/q+2/t21-,22-,29?,30?,31-,32-,33+,34-,35-,36-/m1/s1. The van der Waals surface area contributed by atoms with E-state index in [1.54, 1.807) is 58.2 Å². The normalized spacial score (nSPS) is 29.1. The quantitative estimate of drug-likeness (QED) is 0.175. The van der Waals surface area contributed by atoms with Gasteiger partial charge in [0.25, 0.3) is 6.23 Å². The Labute approximate surface area is 312 Å². The summed E-state index contributed by atoms with van der Waals surface area (Å²) in [6, 6.07) is 6.59. The molecular formula is C38H48N2O14+2. The van der Waals surface area contributed by atoms with Crippen LogP contribution in [0.1, 0.15) is 100 Å². The van der Waals surface area contributed by atoms with Gasteiger partial charge in [-0.1, -0.05) is 6.92 Å². The fraction of sp³-hybridized carbons (Fsp3) is 0.579. The number of hydrogen-bond acceptors (Lipinski definition) is 14. The second kappa shape index (κ2) is 17.9. The Morgan fingerprint density at radius 2 is 1.04 bits per heavy atom. The summed E-state index contributed by atoms with van der Waals surface area (Å²) in [5.74, 6) is -3.61. The third-order valence-electron chi connectivity index (χ3n) is 9.73. The number of ether oxygens (including phenoxy) is 8. The van der Waals surface area contributed by atoms with E-state index >= 15 is 0 Å². The first-order valence-electron chi connectivity index (χ1n) is 18.1. The van der Waals surface area contributed by atoms with Gasteiger partial charge in [-0.3, -0.25) is 19.2 Å². The molecule has 292 valence electrons. The van der Waals surface area contributed by atoms with Crippen molar-refractivity contribution >= 4 is 35.8 Å². The number of rotatable bonds is 12. The van der Waals surface area contributed by atoms with Gasteiger partial charge < -0.3 is 37.9 Å². The van der Waals surface area contributed by atoms with Crippen molar-refractivity contribution in [1.29, 1.82) is 0 Å². The molecule has 1 aliphatic carbocycles. The minimum atomic E-state index is -0.766. The zero-order valence-electron chi connectivity index (χ0n) is 31.2. The van der Waals surface area contributed by atoms with Gasteiger partial charge in [0, 0.05) is 45.7 Å². The van der Waals surface area contributed by atoms with Crippen LogP contribution in [0.25, 0.3) is 0 Å². The Hall–Kier alpha value is -4.96. The molecule has 0 N–H and O–H groups in total. The summed E-state index contributed by atoms with van der Waals surface area (Å²) in [5, 5.41) is 0. The van der Waals surface area contributed by atoms with Crippen molar-refractivity contribution in [3.63, 3.8) is 0 Å². The molecule has 0 aromatic carbocycles. The molecule has 3 fully saturated rings. The molecule has 2 aromatic heterocycles. The molecule has 8 atom stereocenters. The summed E-state index contributed by atoms with van der Waals surface area (Å²) in [7, 11) is 0. The first-order chi connectivity index (χ1) is 25.7. The lowest BCUT2D eigenvalue weighted by Crippen LogP contribution is -2.46. The van der Waals surface area contributed by atoms with Crippen LogP contribution in [0.15, 0.2) is 49.1 Å². The van der Waals surface area contributed by atoms with Crippen molar-refractivity contribution in [3.05, 3.63) is 60.2 Å². The van der Waals surface area contributed by atoms with E-state index in [4.69, 9.17) is 37.9 Å². The maximum Gasteiger partial charge on any atom is 0.344 e. The zero-order valence-corrected chi connectivity index (χ0v) is 31.2. The number of aromatic nitrogens is 2. The molecule has 16 heteroatoms. The molecule has 2 aromatic rings. The van der Waals surface area contributed by atoms with Crippen molar-refractivity contribution < 1.29 is 75.8 Å². The van der Waals surface area contributed by atoms with E-state index < -0.39 is 78.8 Å². The van der Waals surface area contributed by atoms with Gasteiger partial charge in [0.05, 0.1) is 5.92 Å². The SMILES string of the molecule is CC(=O)OC[C@H]1O[C@@H]([n+]2cccc(C(=O)OC3CCC(OC(=O)c4ccc[n+]([C@@H]5O[C@H](COC(C)=O)[C@@H](OC(C)=O)[C@H]5C)c4)CC3)c2)[C@H](OC(C)=O)[C@@H]1C. The van der Waals surface area contributed by atoms with Gasteiger partial charge in [-0.15, -0.1) is 0 Å². The molecule has 0 amide bonds. The van der Waals surface area contributed by atoms with Crippen LogP contribution in [0, 0.1) is 11.8 Å². The van der Waals surface area contributed by atoms with Crippen molar-refractivity contribution in [2.24, 2.45) is 11.8 Å². The molecular weight excluding hydrogens is 708 g/mol. The first kappa shape index (κ1) is 40.2. The van der Waals surface area contributed by atoms with Gasteiger partial charge in [-0.25, -0.2) is 9.59 Å². The smallest absolute Gasteiger partial charge is 0.344 e. The molecule has 5 rings (SSSR count). The van der Waals surface area contributed by atoms with Crippen LogP contribution < -0.4 is 9.13 Å². The van der Waals surface area contributed by atoms with Gasteiger partial charge in [0.2, 0.25) is 0 Å². The monoisotopic (exact) mass is 756 g/mol. The molecule has 4 heterocycles. The van der Waals surface area contributed by atoms with Gasteiger partial charge in [-0.05, 0) is 44.7 Å². The molecule has 0 radical (unpaired) electrons. The van der Waals surface area contributed by atoms with Crippen molar-refractivity contribution in [2.75, 3.05) is 13.2 Å². The summed E-state index contributed by atoms with van der Waals surface area (Å²) in [6.45, 7) is 8.77. The van der Waals surface area contributed by atoms with Crippen LogP contribution >= 0.6 is 0 Å². The molecule has 54 heavy (non-hydrogen) atoms. The van der Waals surface area contributed by atoms with Crippen LogP contribution in [-0.2, 0) is 57.1 Å². The van der Waals surface area contributed by atoms with E-state index in [1.165, 1.54) is 27.7 Å². The number of carbonyl (C=O) groups is 6. The van der Waals surface area contributed by atoms with Crippen molar-refractivity contribution in [1.82, 2.24) is 0 Å². The van der Waals surface area contributed by atoms with E-state index in [1.807, 2.05) is 13.8 Å². The van der Waals surface area contributed by atoms with Crippen LogP contribution in [-0.4, -0.2) is 85.7 Å². The Morgan fingerprint density at radius 3 is 1.52 bits per heavy atom. The second-order valence-electron chi connectivity index (χ2n) is 13.9. The van der Waals surface area contributed by atoms with Gasteiger partial charge in [0.1, 0.15) is 54.9 Å². The molecule has 0 bridgehead atoms. The van der Waals surface area contributed by atoms with Crippen molar-refractivity contribution in [3.8, 4) is 0 Å². The topological polar surface area (TPSA) is 184 Å². The second-order valence-corrected chi connectivity index (χ2v) is 13.9. The zero-order chi connectivity index (χ0) is 39.1. The number of carbonyl (C=O) groups excluding carboxylic acids is 6. The first-order valence-corrected chi connectivity index (χ1v) is 18.1. The van der Waals surface area contributed by atoms with E-state index in [9.17, 15) is 28.8 Å². The van der Waals surface area contributed by atoms with Gasteiger partial charge in [-0.2, -0.15) is 9.13 Å². The van der Waals surface area contributed by atoms with E-state index in [2.05, 4.69) is 0 Å². The minimum Gasteiger partial charge on any atom is -0.463 e. The average Bonchev–Trinajstić information content (AvgIpc) is 3.61. The van der Waals surface area contributed by atoms with Crippen LogP contribution in [0.2, 0.25) is 0 Å². The highest BCUT2D eigenvalue weighted by Crippen LogP contribution is 2.35. The Bertz CT molecular complexity index is 1710. The number of nitrogens with zero attached hydrogens (tertiary/aromatic N) is 2. The Balaban J connectivity index is 1.15. The van der Waals surface area contributed by atoms with Crippen LogP contribution in [0.3, 0.4) is 0 Å². The van der Waals surface area contributed by atoms with E-state index in [-0.39, 0.29) is 36.7 Å². The average molecular weight is 757 g/mol. The predicted octanol–water partition coefficient (Wildman–Crippen LogP) is 2.64. The van der Waals surface area contributed by atoms with Crippen molar-refractivity contribution in [2.45, 2.75) is 116 Å².